The molecule has 0 unspecified atom stereocenters. The minimum absolute atomic E-state index is 0. The van der Waals surface area contributed by atoms with E-state index in [9.17, 15) is 19.3 Å². The summed E-state index contributed by atoms with van der Waals surface area (Å²) in [7, 11) is 1.19. The molecule has 0 aliphatic carbocycles. The van der Waals surface area contributed by atoms with Crippen LogP contribution in [0, 0.1) is 21.3 Å². The van der Waals surface area contributed by atoms with Gasteiger partial charge in [0.15, 0.2) is 0 Å². The molecule has 112 valence electrons. The van der Waals surface area contributed by atoms with Crippen molar-refractivity contribution < 1.29 is 18.8 Å². The van der Waals surface area contributed by atoms with Gasteiger partial charge in [-0.1, -0.05) is 0 Å². The van der Waals surface area contributed by atoms with Crippen molar-refractivity contribution in [2.45, 2.75) is 19.9 Å². The lowest BCUT2D eigenvalue weighted by Crippen LogP contribution is -2.37. The zero-order chi connectivity index (χ0) is 14.8. The summed E-state index contributed by atoms with van der Waals surface area (Å²) in [5, 5.41) is 10.9. The minimum Gasteiger partial charge on any atom is -0.469 e. The summed E-state index contributed by atoms with van der Waals surface area (Å²) in [4.78, 5) is 21.9. The highest BCUT2D eigenvalue weighted by Crippen LogP contribution is 2.37. The Hall–Kier alpha value is -1.73. The predicted octanol–water partition coefficient (Wildman–Crippen LogP) is 2.35. The Morgan fingerprint density at radius 2 is 2.05 bits per heavy atom. The highest BCUT2D eigenvalue weighted by molar-refractivity contribution is 5.85. The van der Waals surface area contributed by atoms with Gasteiger partial charge in [0, 0.05) is 6.07 Å². The molecular weight excluding hydrogens is 291 g/mol. The van der Waals surface area contributed by atoms with E-state index >= 15 is 0 Å². The Balaban J connectivity index is 0.00000361. The van der Waals surface area contributed by atoms with E-state index in [1.165, 1.54) is 21.0 Å². The maximum Gasteiger partial charge on any atom is 0.313 e. The second-order valence-electron chi connectivity index (χ2n) is 4.65. The van der Waals surface area contributed by atoms with Crippen molar-refractivity contribution >= 4 is 24.1 Å². The molecule has 0 aromatic heterocycles. The average Bonchev–Trinajstić information content (AvgIpc) is 2.36. The first-order chi connectivity index (χ1) is 8.71. The molecule has 1 aromatic carbocycles. The molecule has 0 heterocycles. The number of halogens is 2. The number of carbonyl (C=O) groups is 1. The molecule has 0 saturated carbocycles. The Bertz CT molecular complexity index is 522. The lowest BCUT2D eigenvalue weighted by Gasteiger charge is -2.28. The number of nitrogens with two attached hydrogens (primary N) is 1. The van der Waals surface area contributed by atoms with Crippen LogP contribution in [0.15, 0.2) is 18.2 Å². The summed E-state index contributed by atoms with van der Waals surface area (Å²) in [6, 6.07) is 1.90. The second kappa shape index (κ2) is 6.62. The largest absolute Gasteiger partial charge is 0.469 e. The molecule has 0 bridgehead atoms. The average molecular weight is 307 g/mol. The standard InChI is InChI=1S/C12H15FN2O4.ClH/c1-12(2,11(16)19-3)10(14)8-6-7(13)4-5-9(8)15(17)18;/h4-6,10H,14H2,1-3H3;1H/t10-;/m0./s1. The maximum atomic E-state index is 13.2. The molecule has 6 nitrogen and oxygen atoms in total. The molecule has 0 amide bonds. The fraction of sp³-hybridized carbons (Fsp3) is 0.417. The fourth-order valence-corrected chi connectivity index (χ4v) is 1.72. The number of rotatable bonds is 4. The van der Waals surface area contributed by atoms with Crippen molar-refractivity contribution in [3.63, 3.8) is 0 Å². The van der Waals surface area contributed by atoms with E-state index in [1.54, 1.807) is 0 Å². The highest BCUT2D eigenvalue weighted by atomic mass is 35.5. The molecule has 8 heteroatoms. The van der Waals surface area contributed by atoms with Gasteiger partial charge in [-0.15, -0.1) is 12.4 Å². The Morgan fingerprint density at radius 3 is 2.50 bits per heavy atom. The summed E-state index contributed by atoms with van der Waals surface area (Å²) in [6.07, 6.45) is 0. The summed E-state index contributed by atoms with van der Waals surface area (Å²) < 4.78 is 17.9. The van der Waals surface area contributed by atoms with Gasteiger partial charge in [-0.05, 0) is 26.0 Å². The number of methoxy groups -OCH3 is 1. The lowest BCUT2D eigenvalue weighted by atomic mass is 9.80. The van der Waals surface area contributed by atoms with Crippen molar-refractivity contribution in [3.8, 4) is 0 Å². The molecule has 0 aliphatic rings. The number of nitro benzene ring substituents is 1. The normalized spacial score (nSPS) is 12.2. The van der Waals surface area contributed by atoms with Crippen LogP contribution >= 0.6 is 12.4 Å². The Labute approximate surface area is 121 Å². The van der Waals surface area contributed by atoms with E-state index in [4.69, 9.17) is 5.73 Å². The summed E-state index contributed by atoms with van der Waals surface area (Å²) in [6.45, 7) is 2.97. The Morgan fingerprint density at radius 1 is 1.50 bits per heavy atom. The first kappa shape index (κ1) is 18.3. The van der Waals surface area contributed by atoms with Gasteiger partial charge in [0.2, 0.25) is 0 Å². The zero-order valence-corrected chi connectivity index (χ0v) is 12.1. The SMILES string of the molecule is COC(=O)C(C)(C)[C@@H](N)c1cc(F)ccc1[N+](=O)[O-].Cl. The number of nitro groups is 1. The number of hydrogen-bond acceptors (Lipinski definition) is 5. The first-order valence-corrected chi connectivity index (χ1v) is 5.49. The van der Waals surface area contributed by atoms with Crippen LogP contribution in [-0.2, 0) is 9.53 Å². The number of benzene rings is 1. The summed E-state index contributed by atoms with van der Waals surface area (Å²) in [5.74, 6) is -1.28. The van der Waals surface area contributed by atoms with E-state index in [-0.39, 0.29) is 23.7 Å². The van der Waals surface area contributed by atoms with E-state index in [0.29, 0.717) is 0 Å². The van der Waals surface area contributed by atoms with Crippen LogP contribution in [0.3, 0.4) is 0 Å². The summed E-state index contributed by atoms with van der Waals surface area (Å²) in [5.41, 5.74) is 4.30. The number of hydrogen-bond donors (Lipinski definition) is 1. The van der Waals surface area contributed by atoms with Crippen LogP contribution in [0.5, 0.6) is 0 Å². The third-order valence-corrected chi connectivity index (χ3v) is 3.01. The van der Waals surface area contributed by atoms with Gasteiger partial charge < -0.3 is 10.5 Å². The third-order valence-electron chi connectivity index (χ3n) is 3.01. The molecule has 1 rings (SSSR count). The molecular formula is C12H16ClFN2O4. The predicted molar refractivity (Wildman–Crippen MR) is 73.0 cm³/mol. The van der Waals surface area contributed by atoms with Crippen LogP contribution < -0.4 is 5.73 Å². The van der Waals surface area contributed by atoms with Gasteiger partial charge in [0.1, 0.15) is 5.82 Å². The van der Waals surface area contributed by atoms with Crippen LogP contribution in [0.4, 0.5) is 10.1 Å². The van der Waals surface area contributed by atoms with Crippen LogP contribution in [0.25, 0.3) is 0 Å². The van der Waals surface area contributed by atoms with E-state index in [0.717, 1.165) is 18.2 Å². The van der Waals surface area contributed by atoms with Gasteiger partial charge in [0.25, 0.3) is 5.69 Å². The van der Waals surface area contributed by atoms with E-state index in [2.05, 4.69) is 4.74 Å². The molecule has 0 saturated heterocycles. The van der Waals surface area contributed by atoms with Crippen LogP contribution in [0.1, 0.15) is 25.5 Å². The van der Waals surface area contributed by atoms with Crippen molar-refractivity contribution in [3.05, 3.63) is 39.7 Å². The Kier molecular flexibility index (Phi) is 6.05. The zero-order valence-electron chi connectivity index (χ0n) is 11.3. The van der Waals surface area contributed by atoms with E-state index in [1.807, 2.05) is 0 Å². The van der Waals surface area contributed by atoms with Crippen molar-refractivity contribution in [2.75, 3.05) is 7.11 Å². The molecule has 1 atom stereocenters. The molecule has 0 aliphatic heterocycles. The van der Waals surface area contributed by atoms with Crippen LogP contribution in [-0.4, -0.2) is 18.0 Å². The number of carbonyl (C=O) groups excluding carboxylic acids is 1. The minimum atomic E-state index is -1.21. The van der Waals surface area contributed by atoms with Gasteiger partial charge >= 0.3 is 5.97 Å². The molecule has 0 spiro atoms. The first-order valence-electron chi connectivity index (χ1n) is 5.49. The van der Waals surface area contributed by atoms with Crippen LogP contribution in [0.2, 0.25) is 0 Å². The van der Waals surface area contributed by atoms with Crippen molar-refractivity contribution in [1.29, 1.82) is 0 Å². The lowest BCUT2D eigenvalue weighted by molar-refractivity contribution is -0.385. The fourth-order valence-electron chi connectivity index (χ4n) is 1.72. The molecule has 20 heavy (non-hydrogen) atoms. The number of ether oxygens (including phenoxy) is 1. The monoisotopic (exact) mass is 306 g/mol. The molecule has 0 radical (unpaired) electrons. The number of nitrogens with zero attached hydrogens (tertiary/aromatic N) is 1. The second-order valence-corrected chi connectivity index (χ2v) is 4.65. The van der Waals surface area contributed by atoms with Crippen molar-refractivity contribution in [2.24, 2.45) is 11.1 Å². The third kappa shape index (κ3) is 3.43. The smallest absolute Gasteiger partial charge is 0.313 e. The van der Waals surface area contributed by atoms with Gasteiger partial charge in [0.05, 0.1) is 29.1 Å². The molecule has 1 aromatic rings. The summed E-state index contributed by atoms with van der Waals surface area (Å²) >= 11 is 0. The number of esters is 1. The maximum absolute atomic E-state index is 13.2. The quantitative estimate of drug-likeness (QED) is 0.523. The van der Waals surface area contributed by atoms with Gasteiger partial charge in [-0.2, -0.15) is 0 Å². The highest BCUT2D eigenvalue weighted by Gasteiger charge is 2.39. The van der Waals surface area contributed by atoms with Crippen molar-refractivity contribution in [1.82, 2.24) is 0 Å². The van der Waals surface area contributed by atoms with Gasteiger partial charge in [-0.25, -0.2) is 4.39 Å². The molecule has 0 fully saturated rings. The topological polar surface area (TPSA) is 95.5 Å². The van der Waals surface area contributed by atoms with Gasteiger partial charge in [-0.3, -0.25) is 14.9 Å². The van der Waals surface area contributed by atoms with E-state index < -0.39 is 28.2 Å². The molecule has 2 N–H and O–H groups in total.